The molecule has 0 aromatic heterocycles. The van der Waals surface area contributed by atoms with Crippen molar-refractivity contribution < 1.29 is 0 Å². The van der Waals surface area contributed by atoms with E-state index < -0.39 is 0 Å². The summed E-state index contributed by atoms with van der Waals surface area (Å²) in [5, 5.41) is 28.4. The van der Waals surface area contributed by atoms with Crippen LogP contribution in [-0.4, -0.2) is 0 Å². The molecule has 204 valence electrons. The molecule has 0 unspecified atom stereocenters. The molecule has 0 N–H and O–H groups in total. The first-order valence-electron chi connectivity index (χ1n) is 14.6. The Bertz CT molecular complexity index is 2240. The number of benzene rings is 8. The van der Waals surface area contributed by atoms with Gasteiger partial charge in [-0.1, -0.05) is 146 Å². The summed E-state index contributed by atoms with van der Waals surface area (Å²) in [6.45, 7) is 0. The molecule has 2 nitrogen and oxygen atoms in total. The minimum Gasteiger partial charge on any atom is -0.192 e. The highest BCUT2D eigenvalue weighted by Crippen LogP contribution is 2.37. The summed E-state index contributed by atoms with van der Waals surface area (Å²) in [7, 11) is 0. The van der Waals surface area contributed by atoms with Crippen molar-refractivity contribution in [3.05, 3.63) is 169 Å². The second kappa shape index (κ2) is 11.6. The lowest BCUT2D eigenvalue weighted by Crippen LogP contribution is -1.88. The SMILES string of the molecule is N#Cc1ccc2ccccc2c1-c1cccc2ccccc12.N#Cc1ccc2ccccc2c1-c1cccc2ccccc12. The maximum absolute atomic E-state index is 9.56. The summed E-state index contributed by atoms with van der Waals surface area (Å²) in [6.07, 6.45) is 0. The van der Waals surface area contributed by atoms with Crippen LogP contribution in [0, 0.1) is 22.7 Å². The number of fused-ring (bicyclic) bond motifs is 4. The molecule has 8 aromatic rings. The van der Waals surface area contributed by atoms with Gasteiger partial charge in [0.25, 0.3) is 0 Å². The van der Waals surface area contributed by atoms with Crippen LogP contribution in [0.3, 0.4) is 0 Å². The van der Waals surface area contributed by atoms with Gasteiger partial charge in [0.2, 0.25) is 0 Å². The van der Waals surface area contributed by atoms with E-state index in [9.17, 15) is 10.5 Å². The van der Waals surface area contributed by atoms with Gasteiger partial charge in [-0.2, -0.15) is 10.5 Å². The molecule has 0 heterocycles. The molecule has 8 aromatic carbocycles. The highest BCUT2D eigenvalue weighted by molar-refractivity contribution is 6.08. The number of hydrogen-bond acceptors (Lipinski definition) is 2. The number of nitrogens with zero attached hydrogens (tertiary/aromatic N) is 2. The average Bonchev–Trinajstić information content (AvgIpc) is 3.10. The van der Waals surface area contributed by atoms with Crippen LogP contribution < -0.4 is 0 Å². The lowest BCUT2D eigenvalue weighted by molar-refractivity contribution is 1.49. The Morgan fingerprint density at radius 1 is 0.295 bits per heavy atom. The van der Waals surface area contributed by atoms with Crippen LogP contribution in [0.5, 0.6) is 0 Å². The number of rotatable bonds is 2. The van der Waals surface area contributed by atoms with Crippen molar-refractivity contribution in [1.29, 1.82) is 10.5 Å². The first-order valence-corrected chi connectivity index (χ1v) is 14.6. The van der Waals surface area contributed by atoms with Gasteiger partial charge in [-0.25, -0.2) is 0 Å². The Hall–Kier alpha value is -6.22. The largest absolute Gasteiger partial charge is 0.192 e. The van der Waals surface area contributed by atoms with Crippen molar-refractivity contribution in [3.63, 3.8) is 0 Å². The van der Waals surface area contributed by atoms with Crippen molar-refractivity contribution in [2.45, 2.75) is 0 Å². The third-order valence-corrected chi connectivity index (χ3v) is 8.22. The second-order valence-electron chi connectivity index (χ2n) is 10.7. The molecule has 0 bridgehead atoms. The Morgan fingerprint density at radius 3 is 1.00 bits per heavy atom. The first kappa shape index (κ1) is 26.7. The maximum atomic E-state index is 9.56. The molecule has 44 heavy (non-hydrogen) atoms. The van der Waals surface area contributed by atoms with Crippen LogP contribution in [0.25, 0.3) is 65.3 Å². The Labute approximate surface area is 256 Å². The fourth-order valence-electron chi connectivity index (χ4n) is 6.20. The van der Waals surface area contributed by atoms with E-state index in [-0.39, 0.29) is 0 Å². The summed E-state index contributed by atoms with van der Waals surface area (Å²) in [5.41, 5.74) is 5.72. The zero-order valence-electron chi connectivity index (χ0n) is 23.9. The molecule has 0 fully saturated rings. The molecule has 0 atom stereocenters. The zero-order valence-corrected chi connectivity index (χ0v) is 23.9. The molecule has 0 saturated heterocycles. The van der Waals surface area contributed by atoms with Crippen molar-refractivity contribution in [2.24, 2.45) is 0 Å². The Kier molecular flexibility index (Phi) is 7.01. The Balaban J connectivity index is 0.000000142. The third-order valence-electron chi connectivity index (χ3n) is 8.22. The average molecular weight is 559 g/mol. The van der Waals surface area contributed by atoms with Gasteiger partial charge in [0.15, 0.2) is 0 Å². The lowest BCUT2D eigenvalue weighted by Gasteiger charge is -2.12. The molecule has 0 aliphatic heterocycles. The van der Waals surface area contributed by atoms with E-state index >= 15 is 0 Å². The van der Waals surface area contributed by atoms with Crippen molar-refractivity contribution in [2.75, 3.05) is 0 Å². The van der Waals surface area contributed by atoms with Gasteiger partial charge in [0, 0.05) is 11.1 Å². The van der Waals surface area contributed by atoms with E-state index in [0.29, 0.717) is 0 Å². The molecule has 0 spiro atoms. The smallest absolute Gasteiger partial charge is 0.0998 e. The molecular weight excluding hydrogens is 532 g/mol. The summed E-state index contributed by atoms with van der Waals surface area (Å²) >= 11 is 0. The van der Waals surface area contributed by atoms with E-state index in [2.05, 4.69) is 97.1 Å². The maximum Gasteiger partial charge on any atom is 0.0998 e. The lowest BCUT2D eigenvalue weighted by atomic mass is 9.90. The van der Waals surface area contributed by atoms with Crippen molar-refractivity contribution in [1.82, 2.24) is 0 Å². The molecule has 0 aliphatic carbocycles. The molecule has 0 saturated carbocycles. The van der Waals surface area contributed by atoms with E-state index in [0.717, 1.165) is 54.9 Å². The van der Waals surface area contributed by atoms with Gasteiger partial charge in [0.1, 0.15) is 0 Å². The van der Waals surface area contributed by atoms with Gasteiger partial charge < -0.3 is 0 Å². The van der Waals surface area contributed by atoms with Crippen LogP contribution in [0.1, 0.15) is 11.1 Å². The molecule has 0 amide bonds. The summed E-state index contributed by atoms with van der Waals surface area (Å²) in [5.74, 6) is 0. The quantitative estimate of drug-likeness (QED) is 0.212. The molecule has 8 rings (SSSR count). The van der Waals surface area contributed by atoms with E-state index in [1.807, 2.05) is 72.8 Å². The van der Waals surface area contributed by atoms with Gasteiger partial charge in [-0.05, 0) is 66.3 Å². The molecule has 0 aliphatic rings. The minimum atomic E-state index is 0.718. The highest BCUT2D eigenvalue weighted by atomic mass is 14.3. The standard InChI is InChI=1S/2C21H13N/c2*22-14-17-13-12-16-7-2-4-10-19(16)21(17)20-11-5-8-15-6-1-3-9-18(15)20/h2*1-13H. The van der Waals surface area contributed by atoms with Gasteiger partial charge in [-0.15, -0.1) is 0 Å². The van der Waals surface area contributed by atoms with Gasteiger partial charge >= 0.3 is 0 Å². The van der Waals surface area contributed by atoms with Crippen LogP contribution in [0.15, 0.2) is 158 Å². The van der Waals surface area contributed by atoms with Crippen molar-refractivity contribution in [3.8, 4) is 34.4 Å². The third kappa shape index (κ3) is 4.72. The number of hydrogen-bond donors (Lipinski definition) is 0. The summed E-state index contributed by atoms with van der Waals surface area (Å²) in [4.78, 5) is 0. The summed E-state index contributed by atoms with van der Waals surface area (Å²) in [6, 6.07) is 58.2. The fraction of sp³-hybridized carbons (Fsp3) is 0. The summed E-state index contributed by atoms with van der Waals surface area (Å²) < 4.78 is 0. The fourth-order valence-corrected chi connectivity index (χ4v) is 6.20. The number of nitriles is 2. The predicted molar refractivity (Wildman–Crippen MR) is 183 cm³/mol. The highest BCUT2D eigenvalue weighted by Gasteiger charge is 2.13. The van der Waals surface area contributed by atoms with Crippen LogP contribution in [0.2, 0.25) is 0 Å². The van der Waals surface area contributed by atoms with Crippen LogP contribution >= 0.6 is 0 Å². The van der Waals surface area contributed by atoms with E-state index in [4.69, 9.17) is 0 Å². The molecule has 0 radical (unpaired) electrons. The van der Waals surface area contributed by atoms with Crippen molar-refractivity contribution >= 4 is 43.1 Å². The zero-order chi connectivity index (χ0) is 29.9. The van der Waals surface area contributed by atoms with E-state index in [1.165, 1.54) is 21.5 Å². The monoisotopic (exact) mass is 558 g/mol. The molecule has 2 heteroatoms. The molecular formula is C42H26N2. The predicted octanol–water partition coefficient (Wildman–Crippen LogP) is 11.1. The van der Waals surface area contributed by atoms with Gasteiger partial charge in [-0.3, -0.25) is 0 Å². The van der Waals surface area contributed by atoms with Crippen LogP contribution in [0.4, 0.5) is 0 Å². The topological polar surface area (TPSA) is 47.6 Å². The minimum absolute atomic E-state index is 0.718. The normalized spacial score (nSPS) is 10.7. The van der Waals surface area contributed by atoms with E-state index in [1.54, 1.807) is 0 Å². The van der Waals surface area contributed by atoms with Crippen LogP contribution in [-0.2, 0) is 0 Å². The second-order valence-corrected chi connectivity index (χ2v) is 10.7. The first-order chi connectivity index (χ1) is 21.8. The Morgan fingerprint density at radius 2 is 0.614 bits per heavy atom. The van der Waals surface area contributed by atoms with Gasteiger partial charge in [0.05, 0.1) is 23.3 Å².